The molecule has 1 aromatic rings. The van der Waals surface area contributed by atoms with E-state index in [9.17, 15) is 9.18 Å². The zero-order valence-electron chi connectivity index (χ0n) is 11.3. The largest absolute Gasteiger partial charge is 0.297 e. The number of halogens is 2. The summed E-state index contributed by atoms with van der Waals surface area (Å²) in [5, 5.41) is 0. The van der Waals surface area contributed by atoms with Crippen LogP contribution >= 0.6 is 15.9 Å². The highest BCUT2D eigenvalue weighted by Gasteiger charge is 2.33. The second kappa shape index (κ2) is 5.93. The lowest BCUT2D eigenvalue weighted by Crippen LogP contribution is -2.48. The second-order valence-electron chi connectivity index (χ2n) is 4.86. The van der Waals surface area contributed by atoms with Gasteiger partial charge in [0.1, 0.15) is 5.82 Å². The minimum Gasteiger partial charge on any atom is -0.297 e. The molecule has 2 nitrogen and oxygen atoms in total. The maximum atomic E-state index is 13.7. The maximum absolute atomic E-state index is 13.7. The molecule has 0 bridgehead atoms. The Balaban J connectivity index is 2.93. The van der Waals surface area contributed by atoms with Crippen molar-refractivity contribution < 1.29 is 9.18 Å². The van der Waals surface area contributed by atoms with Crippen LogP contribution in [0.4, 0.5) is 4.39 Å². The third kappa shape index (κ3) is 3.18. The van der Waals surface area contributed by atoms with Crippen molar-refractivity contribution in [2.45, 2.75) is 32.2 Å². The van der Waals surface area contributed by atoms with E-state index in [0.29, 0.717) is 16.5 Å². The third-order valence-corrected chi connectivity index (χ3v) is 4.14. The van der Waals surface area contributed by atoms with Crippen LogP contribution in [0.15, 0.2) is 22.7 Å². The topological polar surface area (TPSA) is 20.3 Å². The first-order valence-electron chi connectivity index (χ1n) is 5.96. The van der Waals surface area contributed by atoms with Crippen LogP contribution in [-0.2, 0) is 11.2 Å². The van der Waals surface area contributed by atoms with Gasteiger partial charge in [-0.25, -0.2) is 4.39 Å². The number of carbonyl (C=O) groups is 1. The Morgan fingerprint density at radius 3 is 2.50 bits per heavy atom. The number of hydrogen-bond acceptors (Lipinski definition) is 2. The summed E-state index contributed by atoms with van der Waals surface area (Å²) in [7, 11) is 3.75. The minimum atomic E-state index is -0.542. The van der Waals surface area contributed by atoms with Crippen LogP contribution in [0.3, 0.4) is 0 Å². The number of nitrogens with zero attached hydrogens (tertiary/aromatic N) is 1. The smallest absolute Gasteiger partial charge is 0.157 e. The highest BCUT2D eigenvalue weighted by molar-refractivity contribution is 9.10. The minimum absolute atomic E-state index is 0.0382. The van der Waals surface area contributed by atoms with Crippen LogP contribution in [0.1, 0.15) is 25.8 Å². The SMILES string of the molecule is CCC(C)(C(=O)Cc1ccc(Br)cc1F)N(C)C. The van der Waals surface area contributed by atoms with Gasteiger partial charge in [-0.2, -0.15) is 0 Å². The molecule has 1 unspecified atom stereocenters. The number of rotatable bonds is 5. The molecule has 0 aromatic heterocycles. The van der Waals surface area contributed by atoms with E-state index in [2.05, 4.69) is 15.9 Å². The number of hydrogen-bond donors (Lipinski definition) is 0. The molecule has 18 heavy (non-hydrogen) atoms. The summed E-state index contributed by atoms with van der Waals surface area (Å²) in [6, 6.07) is 4.80. The van der Waals surface area contributed by atoms with E-state index < -0.39 is 5.54 Å². The lowest BCUT2D eigenvalue weighted by molar-refractivity contribution is -0.128. The average molecular weight is 316 g/mol. The van der Waals surface area contributed by atoms with E-state index in [4.69, 9.17) is 0 Å². The van der Waals surface area contributed by atoms with Crippen LogP contribution in [0.2, 0.25) is 0 Å². The number of benzene rings is 1. The molecule has 0 aliphatic carbocycles. The lowest BCUT2D eigenvalue weighted by atomic mass is 9.88. The molecule has 0 aliphatic rings. The van der Waals surface area contributed by atoms with Gasteiger partial charge in [0.25, 0.3) is 0 Å². The van der Waals surface area contributed by atoms with E-state index in [-0.39, 0.29) is 18.0 Å². The molecule has 0 spiro atoms. The summed E-state index contributed by atoms with van der Waals surface area (Å²) in [4.78, 5) is 14.2. The summed E-state index contributed by atoms with van der Waals surface area (Å²) in [5.41, 5.74) is -0.0933. The standard InChI is InChI=1S/C14H19BrFNO/c1-5-14(2,17(3)4)13(18)8-10-6-7-11(15)9-12(10)16/h6-7,9H,5,8H2,1-4H3. The summed E-state index contributed by atoms with van der Waals surface area (Å²) in [6.45, 7) is 3.86. The van der Waals surface area contributed by atoms with Crippen LogP contribution in [0, 0.1) is 5.82 Å². The fraction of sp³-hybridized carbons (Fsp3) is 0.500. The van der Waals surface area contributed by atoms with Gasteiger partial charge in [0.15, 0.2) is 5.78 Å². The first-order chi connectivity index (χ1) is 8.31. The molecule has 0 saturated heterocycles. The molecule has 0 heterocycles. The van der Waals surface area contributed by atoms with Gasteiger partial charge in [0.05, 0.1) is 5.54 Å². The highest BCUT2D eigenvalue weighted by atomic mass is 79.9. The third-order valence-electron chi connectivity index (χ3n) is 3.64. The van der Waals surface area contributed by atoms with Crippen molar-refractivity contribution >= 4 is 21.7 Å². The summed E-state index contributed by atoms with van der Waals surface area (Å²) in [6.07, 6.45) is 0.832. The van der Waals surface area contributed by atoms with Gasteiger partial charge in [0, 0.05) is 10.9 Å². The Morgan fingerprint density at radius 2 is 2.06 bits per heavy atom. The van der Waals surface area contributed by atoms with Crippen molar-refractivity contribution in [1.29, 1.82) is 0 Å². The van der Waals surface area contributed by atoms with Crippen molar-refractivity contribution in [3.63, 3.8) is 0 Å². The van der Waals surface area contributed by atoms with Crippen LogP contribution < -0.4 is 0 Å². The predicted molar refractivity (Wildman–Crippen MR) is 75.2 cm³/mol. The monoisotopic (exact) mass is 315 g/mol. The van der Waals surface area contributed by atoms with E-state index >= 15 is 0 Å². The summed E-state index contributed by atoms with van der Waals surface area (Å²) in [5.74, 6) is -0.300. The average Bonchev–Trinajstić information content (AvgIpc) is 2.31. The van der Waals surface area contributed by atoms with Gasteiger partial charge in [-0.3, -0.25) is 9.69 Å². The van der Waals surface area contributed by atoms with Gasteiger partial charge in [0.2, 0.25) is 0 Å². The van der Waals surface area contributed by atoms with Gasteiger partial charge in [-0.15, -0.1) is 0 Å². The predicted octanol–water partition coefficient (Wildman–Crippen LogP) is 3.43. The number of likely N-dealkylation sites (N-methyl/N-ethyl adjacent to an activating group) is 1. The first kappa shape index (κ1) is 15.3. The molecular weight excluding hydrogens is 297 g/mol. The zero-order valence-corrected chi connectivity index (χ0v) is 12.8. The number of ketones is 1. The van der Waals surface area contributed by atoms with Crippen molar-refractivity contribution in [2.75, 3.05) is 14.1 Å². The molecule has 0 radical (unpaired) electrons. The molecule has 100 valence electrons. The Hall–Kier alpha value is -0.740. The normalized spacial score (nSPS) is 14.6. The van der Waals surface area contributed by atoms with Crippen molar-refractivity contribution in [3.8, 4) is 0 Å². The summed E-state index contributed by atoms with van der Waals surface area (Å²) < 4.78 is 14.4. The molecule has 0 N–H and O–H groups in total. The van der Waals surface area contributed by atoms with Crippen molar-refractivity contribution in [2.24, 2.45) is 0 Å². The highest BCUT2D eigenvalue weighted by Crippen LogP contribution is 2.22. The Morgan fingerprint density at radius 1 is 1.44 bits per heavy atom. The van der Waals surface area contributed by atoms with Gasteiger partial charge >= 0.3 is 0 Å². The first-order valence-corrected chi connectivity index (χ1v) is 6.75. The van der Waals surface area contributed by atoms with Crippen molar-refractivity contribution in [1.82, 2.24) is 4.90 Å². The van der Waals surface area contributed by atoms with E-state index in [0.717, 1.165) is 0 Å². The molecule has 4 heteroatoms. The van der Waals surface area contributed by atoms with Gasteiger partial charge in [-0.05, 0) is 45.1 Å². The van der Waals surface area contributed by atoms with Crippen LogP contribution in [-0.4, -0.2) is 30.3 Å². The molecule has 0 amide bonds. The maximum Gasteiger partial charge on any atom is 0.157 e. The Kier molecular flexibility index (Phi) is 5.05. The lowest BCUT2D eigenvalue weighted by Gasteiger charge is -2.34. The quantitative estimate of drug-likeness (QED) is 0.829. The van der Waals surface area contributed by atoms with E-state index in [1.807, 2.05) is 32.8 Å². The van der Waals surface area contributed by atoms with E-state index in [1.165, 1.54) is 6.07 Å². The van der Waals surface area contributed by atoms with E-state index in [1.54, 1.807) is 12.1 Å². The van der Waals surface area contributed by atoms with Gasteiger partial charge < -0.3 is 0 Å². The number of Topliss-reactive ketones (excluding diaryl/α,β-unsaturated/α-hetero) is 1. The fourth-order valence-corrected chi connectivity index (χ4v) is 2.12. The van der Waals surface area contributed by atoms with Crippen LogP contribution in [0.5, 0.6) is 0 Å². The fourth-order valence-electron chi connectivity index (χ4n) is 1.79. The Labute approximate surface area is 116 Å². The molecule has 0 aliphatic heterocycles. The Bertz CT molecular complexity index is 447. The zero-order chi connectivity index (χ0) is 13.9. The summed E-state index contributed by atoms with van der Waals surface area (Å²) >= 11 is 3.21. The van der Waals surface area contributed by atoms with Crippen molar-refractivity contribution in [3.05, 3.63) is 34.1 Å². The molecule has 1 atom stereocenters. The molecule has 0 fully saturated rings. The second-order valence-corrected chi connectivity index (χ2v) is 5.77. The molecule has 0 saturated carbocycles. The molecule has 1 rings (SSSR count). The number of carbonyl (C=O) groups excluding carboxylic acids is 1. The van der Waals surface area contributed by atoms with Crippen LogP contribution in [0.25, 0.3) is 0 Å². The van der Waals surface area contributed by atoms with Gasteiger partial charge in [-0.1, -0.05) is 28.9 Å². The molecular formula is C14H19BrFNO. The molecule has 1 aromatic carbocycles.